The Morgan fingerprint density at radius 1 is 1.50 bits per heavy atom. The average Bonchev–Trinajstić information content (AvgIpc) is 3.10. The van der Waals surface area contributed by atoms with Crippen LogP contribution in [0.1, 0.15) is 46.0 Å². The highest BCUT2D eigenvalue weighted by molar-refractivity contribution is 5.85. The van der Waals surface area contributed by atoms with Crippen molar-refractivity contribution >= 4 is 5.91 Å². The van der Waals surface area contributed by atoms with Gasteiger partial charge in [-0.1, -0.05) is 6.92 Å². The number of primary amides is 1. The molecule has 2 aliphatic carbocycles. The molecule has 3 atom stereocenters. The van der Waals surface area contributed by atoms with Crippen molar-refractivity contribution in [1.29, 1.82) is 0 Å². The Bertz CT molecular complexity index is 346. The molecule has 0 aromatic rings. The fourth-order valence-electron chi connectivity index (χ4n) is 3.61. The summed E-state index contributed by atoms with van der Waals surface area (Å²) in [7, 11) is 1.74. The van der Waals surface area contributed by atoms with Gasteiger partial charge in [-0.3, -0.25) is 9.69 Å². The first-order valence-corrected chi connectivity index (χ1v) is 7.84. The van der Waals surface area contributed by atoms with E-state index in [1.54, 1.807) is 7.11 Å². The Kier molecular flexibility index (Phi) is 5.04. The van der Waals surface area contributed by atoms with Gasteiger partial charge in [-0.2, -0.15) is 0 Å². The first kappa shape index (κ1) is 15.7. The number of carbonyl (C=O) groups is 1. The van der Waals surface area contributed by atoms with E-state index in [0.29, 0.717) is 18.1 Å². The normalized spacial score (nSPS) is 31.7. The number of nitrogens with two attached hydrogens (primary N) is 1. The topological polar surface area (TPSA) is 67.6 Å². The molecule has 116 valence electrons. The van der Waals surface area contributed by atoms with Crippen LogP contribution in [0.25, 0.3) is 0 Å². The highest BCUT2D eigenvalue weighted by Crippen LogP contribution is 2.36. The number of carbonyl (C=O) groups excluding carboxylic acids is 1. The summed E-state index contributed by atoms with van der Waals surface area (Å²) >= 11 is 0. The van der Waals surface area contributed by atoms with Crippen molar-refractivity contribution in [2.45, 2.75) is 69.6 Å². The number of hydrogen-bond donors (Lipinski definition) is 2. The maximum atomic E-state index is 12.0. The van der Waals surface area contributed by atoms with Crippen LogP contribution in [-0.4, -0.2) is 54.7 Å². The maximum absolute atomic E-state index is 12.0. The number of likely N-dealkylation sites (N-methyl/N-ethyl adjacent to an activating group) is 1. The smallest absolute Gasteiger partial charge is 0.237 e. The highest BCUT2D eigenvalue weighted by atomic mass is 16.5. The van der Waals surface area contributed by atoms with E-state index in [0.717, 1.165) is 32.4 Å². The van der Waals surface area contributed by atoms with E-state index in [-0.39, 0.29) is 5.91 Å². The molecule has 0 aromatic carbocycles. The SMILES string of the molecule is CCN(C(C)COC)C1CCC(NC2CC2)(C(N)=O)C1. The van der Waals surface area contributed by atoms with Gasteiger partial charge in [-0.15, -0.1) is 0 Å². The van der Waals surface area contributed by atoms with Crippen LogP contribution < -0.4 is 11.1 Å². The van der Waals surface area contributed by atoms with E-state index in [1.807, 2.05) is 0 Å². The van der Waals surface area contributed by atoms with Gasteiger partial charge in [0.25, 0.3) is 0 Å². The van der Waals surface area contributed by atoms with E-state index in [9.17, 15) is 4.79 Å². The Balaban J connectivity index is 2.02. The quantitative estimate of drug-likeness (QED) is 0.694. The fraction of sp³-hybridized carbons (Fsp3) is 0.933. The van der Waals surface area contributed by atoms with Crippen molar-refractivity contribution in [3.8, 4) is 0 Å². The Morgan fingerprint density at radius 2 is 2.20 bits per heavy atom. The molecule has 0 spiro atoms. The molecule has 0 saturated heterocycles. The first-order chi connectivity index (χ1) is 9.52. The summed E-state index contributed by atoms with van der Waals surface area (Å²) in [5, 5.41) is 3.51. The lowest BCUT2D eigenvalue weighted by molar-refractivity contribution is -0.124. The second-order valence-electron chi connectivity index (χ2n) is 6.40. The minimum atomic E-state index is -0.480. The molecule has 3 N–H and O–H groups in total. The molecule has 2 aliphatic rings. The van der Waals surface area contributed by atoms with Crippen LogP contribution in [-0.2, 0) is 9.53 Å². The molecule has 0 heterocycles. The van der Waals surface area contributed by atoms with Gasteiger partial charge in [0.1, 0.15) is 0 Å². The average molecular weight is 283 g/mol. The van der Waals surface area contributed by atoms with Crippen molar-refractivity contribution in [2.24, 2.45) is 5.73 Å². The van der Waals surface area contributed by atoms with Gasteiger partial charge < -0.3 is 15.8 Å². The van der Waals surface area contributed by atoms with E-state index < -0.39 is 5.54 Å². The van der Waals surface area contributed by atoms with Gasteiger partial charge in [0.15, 0.2) is 0 Å². The van der Waals surface area contributed by atoms with E-state index in [1.165, 1.54) is 12.8 Å². The Hall–Kier alpha value is -0.650. The van der Waals surface area contributed by atoms with Crippen LogP contribution in [0.3, 0.4) is 0 Å². The lowest BCUT2D eigenvalue weighted by atomic mass is 9.95. The molecule has 5 nitrogen and oxygen atoms in total. The summed E-state index contributed by atoms with van der Waals surface area (Å²) in [5.41, 5.74) is 5.22. The lowest BCUT2D eigenvalue weighted by Crippen LogP contribution is -2.56. The molecule has 2 fully saturated rings. The van der Waals surface area contributed by atoms with Crippen molar-refractivity contribution in [3.63, 3.8) is 0 Å². The van der Waals surface area contributed by atoms with Gasteiger partial charge in [-0.05, 0) is 45.6 Å². The molecule has 3 unspecified atom stereocenters. The second-order valence-corrected chi connectivity index (χ2v) is 6.40. The van der Waals surface area contributed by atoms with Crippen LogP contribution >= 0.6 is 0 Å². The summed E-state index contributed by atoms with van der Waals surface area (Å²) in [6, 6.07) is 1.30. The zero-order chi connectivity index (χ0) is 14.8. The zero-order valence-corrected chi connectivity index (χ0v) is 13.0. The van der Waals surface area contributed by atoms with Crippen LogP contribution in [0.4, 0.5) is 0 Å². The maximum Gasteiger partial charge on any atom is 0.237 e. The summed E-state index contributed by atoms with van der Waals surface area (Å²) in [5.74, 6) is -0.178. The zero-order valence-electron chi connectivity index (χ0n) is 13.0. The summed E-state index contributed by atoms with van der Waals surface area (Å²) in [6.07, 6.45) is 5.08. The third-order valence-electron chi connectivity index (χ3n) is 4.83. The Morgan fingerprint density at radius 3 is 2.70 bits per heavy atom. The standard InChI is InChI=1S/C15H29N3O2/c1-4-18(11(2)10-20-3)13-7-8-15(9-13,14(16)19)17-12-5-6-12/h11-13,17H,4-10H2,1-3H3,(H2,16,19). The van der Waals surface area contributed by atoms with E-state index in [4.69, 9.17) is 10.5 Å². The molecule has 1 amide bonds. The van der Waals surface area contributed by atoms with Crippen LogP contribution in [0.2, 0.25) is 0 Å². The molecule has 2 saturated carbocycles. The van der Waals surface area contributed by atoms with Crippen molar-refractivity contribution in [2.75, 3.05) is 20.3 Å². The first-order valence-electron chi connectivity index (χ1n) is 7.84. The summed E-state index contributed by atoms with van der Waals surface area (Å²) < 4.78 is 5.27. The minimum absolute atomic E-state index is 0.178. The molecule has 0 aliphatic heterocycles. The van der Waals surface area contributed by atoms with Gasteiger partial charge in [-0.25, -0.2) is 0 Å². The fourth-order valence-corrected chi connectivity index (χ4v) is 3.61. The van der Waals surface area contributed by atoms with Gasteiger partial charge >= 0.3 is 0 Å². The number of ether oxygens (including phenoxy) is 1. The number of methoxy groups -OCH3 is 1. The van der Waals surface area contributed by atoms with Crippen LogP contribution in [0.15, 0.2) is 0 Å². The number of rotatable bonds is 8. The molecule has 5 heteroatoms. The third kappa shape index (κ3) is 3.32. The largest absolute Gasteiger partial charge is 0.383 e. The molecular formula is C15H29N3O2. The predicted molar refractivity (Wildman–Crippen MR) is 79.4 cm³/mol. The molecule has 2 rings (SSSR count). The van der Waals surface area contributed by atoms with Crippen molar-refractivity contribution < 1.29 is 9.53 Å². The van der Waals surface area contributed by atoms with E-state index in [2.05, 4.69) is 24.1 Å². The number of amides is 1. The molecule has 0 bridgehead atoms. The van der Waals surface area contributed by atoms with Crippen molar-refractivity contribution in [1.82, 2.24) is 10.2 Å². The number of nitrogens with zero attached hydrogens (tertiary/aromatic N) is 1. The van der Waals surface area contributed by atoms with Gasteiger partial charge in [0.05, 0.1) is 12.1 Å². The monoisotopic (exact) mass is 283 g/mol. The molecule has 0 radical (unpaired) electrons. The second kappa shape index (κ2) is 6.41. The molecule has 0 aromatic heterocycles. The number of hydrogen-bond acceptors (Lipinski definition) is 4. The molecular weight excluding hydrogens is 254 g/mol. The highest BCUT2D eigenvalue weighted by Gasteiger charge is 2.48. The third-order valence-corrected chi connectivity index (χ3v) is 4.83. The Labute approximate surface area is 122 Å². The van der Waals surface area contributed by atoms with Crippen LogP contribution in [0, 0.1) is 0 Å². The van der Waals surface area contributed by atoms with Gasteiger partial charge in [0.2, 0.25) is 5.91 Å². The molecule has 20 heavy (non-hydrogen) atoms. The van der Waals surface area contributed by atoms with Gasteiger partial charge in [0, 0.05) is 25.2 Å². The van der Waals surface area contributed by atoms with Crippen LogP contribution in [0.5, 0.6) is 0 Å². The summed E-state index contributed by atoms with van der Waals surface area (Å²) in [6.45, 7) is 6.06. The number of nitrogens with one attached hydrogen (secondary N) is 1. The van der Waals surface area contributed by atoms with Crippen molar-refractivity contribution in [3.05, 3.63) is 0 Å². The van der Waals surface area contributed by atoms with E-state index >= 15 is 0 Å². The summed E-state index contributed by atoms with van der Waals surface area (Å²) in [4.78, 5) is 14.4. The minimum Gasteiger partial charge on any atom is -0.383 e. The lowest BCUT2D eigenvalue weighted by Gasteiger charge is -2.35. The predicted octanol–water partition coefficient (Wildman–Crippen LogP) is 0.872.